The Bertz CT molecular complexity index is 681. The summed E-state index contributed by atoms with van der Waals surface area (Å²) in [5.41, 5.74) is 1.93. The van der Waals surface area contributed by atoms with E-state index in [0.717, 1.165) is 30.0 Å². The Labute approximate surface area is 131 Å². The van der Waals surface area contributed by atoms with Crippen molar-refractivity contribution in [2.24, 2.45) is 0 Å². The average Bonchev–Trinajstić information content (AvgIpc) is 2.89. The van der Waals surface area contributed by atoms with Gasteiger partial charge >= 0.3 is 4.87 Å². The predicted molar refractivity (Wildman–Crippen MR) is 86.3 cm³/mol. The maximum Gasteiger partial charge on any atom is 0.304 e. The summed E-state index contributed by atoms with van der Waals surface area (Å²) in [6, 6.07) is 5.16. The number of halogens is 1. The largest absolute Gasteiger partial charge is 0.384 e. The van der Waals surface area contributed by atoms with Crippen LogP contribution in [0.25, 0.3) is 0 Å². The van der Waals surface area contributed by atoms with Crippen molar-refractivity contribution in [3.63, 3.8) is 0 Å². The highest BCUT2D eigenvalue weighted by Crippen LogP contribution is 2.20. The molecule has 3 N–H and O–H groups in total. The molecular formula is C14H16ClN3O2S. The SMILES string of the molecule is CCCNc1ccc(Cl)cc1C(=O)NCc1csc(=O)[nH]1. The topological polar surface area (TPSA) is 74.0 Å². The van der Waals surface area contributed by atoms with Gasteiger partial charge in [-0.1, -0.05) is 29.9 Å². The number of hydrogen-bond donors (Lipinski definition) is 3. The number of nitrogens with one attached hydrogen (secondary N) is 3. The summed E-state index contributed by atoms with van der Waals surface area (Å²) in [6.45, 7) is 3.10. The molecule has 2 aromatic rings. The smallest absolute Gasteiger partial charge is 0.304 e. The van der Waals surface area contributed by atoms with Gasteiger partial charge < -0.3 is 15.6 Å². The molecule has 0 radical (unpaired) electrons. The summed E-state index contributed by atoms with van der Waals surface area (Å²) in [7, 11) is 0. The second-order valence-corrected chi connectivity index (χ2v) is 5.75. The van der Waals surface area contributed by atoms with Gasteiger partial charge in [0.25, 0.3) is 5.91 Å². The van der Waals surface area contributed by atoms with E-state index in [1.807, 2.05) is 0 Å². The third-order valence-electron chi connectivity index (χ3n) is 2.80. The second kappa shape index (κ2) is 7.28. The van der Waals surface area contributed by atoms with E-state index in [-0.39, 0.29) is 17.3 Å². The van der Waals surface area contributed by atoms with E-state index in [2.05, 4.69) is 22.5 Å². The van der Waals surface area contributed by atoms with Crippen LogP contribution in [0.2, 0.25) is 5.02 Å². The van der Waals surface area contributed by atoms with Crippen molar-refractivity contribution < 1.29 is 4.79 Å². The molecule has 5 nitrogen and oxygen atoms in total. The van der Waals surface area contributed by atoms with Crippen LogP contribution in [0.15, 0.2) is 28.4 Å². The minimum Gasteiger partial charge on any atom is -0.384 e. The zero-order valence-corrected chi connectivity index (χ0v) is 13.1. The van der Waals surface area contributed by atoms with Crippen molar-refractivity contribution in [1.29, 1.82) is 0 Å². The van der Waals surface area contributed by atoms with Crippen LogP contribution in [-0.2, 0) is 6.54 Å². The van der Waals surface area contributed by atoms with Gasteiger partial charge in [0.1, 0.15) is 0 Å². The van der Waals surface area contributed by atoms with Gasteiger partial charge in [0.2, 0.25) is 0 Å². The molecule has 0 spiro atoms. The normalized spacial score (nSPS) is 10.4. The molecule has 0 unspecified atom stereocenters. The van der Waals surface area contributed by atoms with E-state index < -0.39 is 0 Å². The number of anilines is 1. The quantitative estimate of drug-likeness (QED) is 0.764. The number of benzene rings is 1. The van der Waals surface area contributed by atoms with E-state index in [0.29, 0.717) is 16.3 Å². The fourth-order valence-electron chi connectivity index (χ4n) is 1.79. The molecule has 7 heteroatoms. The lowest BCUT2D eigenvalue weighted by Crippen LogP contribution is -2.24. The Morgan fingerprint density at radius 2 is 2.24 bits per heavy atom. The molecule has 1 aromatic carbocycles. The number of amides is 1. The standard InChI is InChI=1S/C14H16ClN3O2S/c1-2-5-16-12-4-3-9(15)6-11(12)13(19)17-7-10-8-21-14(20)18-10/h3-4,6,8,16H,2,5,7H2,1H3,(H,17,19)(H,18,20). The fourth-order valence-corrected chi connectivity index (χ4v) is 2.54. The van der Waals surface area contributed by atoms with Crippen LogP contribution in [0.1, 0.15) is 29.4 Å². The van der Waals surface area contributed by atoms with Crippen LogP contribution < -0.4 is 15.5 Å². The van der Waals surface area contributed by atoms with Gasteiger partial charge in [0, 0.05) is 28.3 Å². The number of H-pyrrole nitrogens is 1. The third kappa shape index (κ3) is 4.34. The van der Waals surface area contributed by atoms with Gasteiger partial charge in [-0.15, -0.1) is 0 Å². The summed E-state index contributed by atoms with van der Waals surface area (Å²) in [6.07, 6.45) is 0.958. The molecule has 0 bridgehead atoms. The van der Waals surface area contributed by atoms with E-state index in [1.165, 1.54) is 0 Å². The van der Waals surface area contributed by atoms with E-state index in [1.54, 1.807) is 23.6 Å². The summed E-state index contributed by atoms with van der Waals surface area (Å²) in [5, 5.41) is 8.17. The highest BCUT2D eigenvalue weighted by atomic mass is 35.5. The first kappa shape index (κ1) is 15.6. The first-order chi connectivity index (χ1) is 10.1. The zero-order chi connectivity index (χ0) is 15.2. The molecule has 1 heterocycles. The molecule has 0 saturated heterocycles. The minimum atomic E-state index is -0.233. The maximum atomic E-state index is 12.3. The van der Waals surface area contributed by atoms with Gasteiger partial charge in [-0.3, -0.25) is 9.59 Å². The molecule has 0 aliphatic heterocycles. The molecule has 0 aliphatic rings. The number of hydrogen-bond acceptors (Lipinski definition) is 4. The highest BCUT2D eigenvalue weighted by Gasteiger charge is 2.12. The molecule has 0 atom stereocenters. The minimum absolute atomic E-state index is 0.132. The van der Waals surface area contributed by atoms with Crippen LogP contribution in [0.4, 0.5) is 5.69 Å². The molecular weight excluding hydrogens is 310 g/mol. The van der Waals surface area contributed by atoms with Gasteiger partial charge in [0.05, 0.1) is 12.1 Å². The lowest BCUT2D eigenvalue weighted by Gasteiger charge is -2.12. The molecule has 0 fully saturated rings. The van der Waals surface area contributed by atoms with Crippen molar-refractivity contribution in [1.82, 2.24) is 10.3 Å². The Morgan fingerprint density at radius 1 is 1.43 bits per heavy atom. The summed E-state index contributed by atoms with van der Waals surface area (Å²) >= 11 is 7.03. The Kier molecular flexibility index (Phi) is 5.41. The summed E-state index contributed by atoms with van der Waals surface area (Å²) in [4.78, 5) is 25.8. The number of thiazole rings is 1. The summed E-state index contributed by atoms with van der Waals surface area (Å²) in [5.74, 6) is -0.233. The lowest BCUT2D eigenvalue weighted by atomic mass is 10.1. The fraction of sp³-hybridized carbons (Fsp3) is 0.286. The van der Waals surface area contributed by atoms with E-state index in [9.17, 15) is 9.59 Å². The Morgan fingerprint density at radius 3 is 2.90 bits per heavy atom. The number of rotatable bonds is 6. The molecule has 2 rings (SSSR count). The molecule has 0 aliphatic carbocycles. The highest BCUT2D eigenvalue weighted by molar-refractivity contribution is 7.07. The van der Waals surface area contributed by atoms with Crippen molar-refractivity contribution in [3.8, 4) is 0 Å². The zero-order valence-electron chi connectivity index (χ0n) is 11.5. The molecule has 1 amide bonds. The number of aromatic amines is 1. The molecule has 21 heavy (non-hydrogen) atoms. The molecule has 112 valence electrons. The predicted octanol–water partition coefficient (Wildman–Crippen LogP) is 2.84. The van der Waals surface area contributed by atoms with Crippen LogP contribution in [0.5, 0.6) is 0 Å². The molecule has 0 saturated carbocycles. The van der Waals surface area contributed by atoms with Crippen molar-refractivity contribution in [3.05, 3.63) is 49.5 Å². The van der Waals surface area contributed by atoms with Crippen LogP contribution in [0.3, 0.4) is 0 Å². The monoisotopic (exact) mass is 325 g/mol. The van der Waals surface area contributed by atoms with E-state index in [4.69, 9.17) is 11.6 Å². The number of carbonyl (C=O) groups is 1. The summed E-state index contributed by atoms with van der Waals surface area (Å²) < 4.78 is 0. The van der Waals surface area contributed by atoms with Crippen molar-refractivity contribution in [2.45, 2.75) is 19.9 Å². The van der Waals surface area contributed by atoms with Crippen LogP contribution in [0, 0.1) is 0 Å². The van der Waals surface area contributed by atoms with Gasteiger partial charge in [-0.25, -0.2) is 0 Å². The number of carbonyl (C=O) groups excluding carboxylic acids is 1. The number of aromatic nitrogens is 1. The Hall–Kier alpha value is -1.79. The van der Waals surface area contributed by atoms with Crippen LogP contribution >= 0.6 is 22.9 Å². The van der Waals surface area contributed by atoms with Gasteiger partial charge in [-0.2, -0.15) is 0 Å². The van der Waals surface area contributed by atoms with Crippen molar-refractivity contribution in [2.75, 3.05) is 11.9 Å². The van der Waals surface area contributed by atoms with Crippen LogP contribution in [-0.4, -0.2) is 17.4 Å². The van der Waals surface area contributed by atoms with Gasteiger partial charge in [-0.05, 0) is 24.6 Å². The lowest BCUT2D eigenvalue weighted by molar-refractivity contribution is 0.0951. The molecule has 1 aromatic heterocycles. The average molecular weight is 326 g/mol. The second-order valence-electron chi connectivity index (χ2n) is 4.47. The first-order valence-electron chi connectivity index (χ1n) is 6.58. The van der Waals surface area contributed by atoms with Gasteiger partial charge in [0.15, 0.2) is 0 Å². The Balaban J connectivity index is 2.09. The third-order valence-corrected chi connectivity index (χ3v) is 3.76. The van der Waals surface area contributed by atoms with E-state index >= 15 is 0 Å². The first-order valence-corrected chi connectivity index (χ1v) is 7.84. The maximum absolute atomic E-state index is 12.3. The van der Waals surface area contributed by atoms with Crippen molar-refractivity contribution >= 4 is 34.5 Å².